The Bertz CT molecular complexity index is 552. The summed E-state index contributed by atoms with van der Waals surface area (Å²) in [6, 6.07) is 8.60. The van der Waals surface area contributed by atoms with Crippen molar-refractivity contribution < 1.29 is 0 Å². The van der Waals surface area contributed by atoms with Crippen LogP contribution in [-0.4, -0.2) is 22.6 Å². The standard InChI is InChI=1S/C17H25N3/c1-2-3-6-13-20-16-8-5-4-7-15(16)19-17(20)14-9-11-18-12-10-14/h4-5,7-8,14,18H,2-3,6,9-13H2,1H3. The predicted molar refractivity (Wildman–Crippen MR) is 84.1 cm³/mol. The van der Waals surface area contributed by atoms with E-state index in [-0.39, 0.29) is 0 Å². The zero-order chi connectivity index (χ0) is 13.8. The molecule has 0 radical (unpaired) electrons. The van der Waals surface area contributed by atoms with Gasteiger partial charge in [0.05, 0.1) is 11.0 Å². The van der Waals surface area contributed by atoms with Crippen molar-refractivity contribution in [2.45, 2.75) is 51.5 Å². The molecule has 0 unspecified atom stereocenters. The molecule has 1 aromatic heterocycles. The fraction of sp³-hybridized carbons (Fsp3) is 0.588. The summed E-state index contributed by atoms with van der Waals surface area (Å²) in [6.45, 7) is 5.64. The van der Waals surface area contributed by atoms with E-state index in [1.807, 2.05) is 0 Å². The number of aromatic nitrogens is 2. The third-order valence-corrected chi connectivity index (χ3v) is 4.37. The van der Waals surface area contributed by atoms with Crippen molar-refractivity contribution in [2.75, 3.05) is 13.1 Å². The molecule has 2 heterocycles. The maximum absolute atomic E-state index is 4.95. The number of unbranched alkanes of at least 4 members (excludes halogenated alkanes) is 2. The van der Waals surface area contributed by atoms with Gasteiger partial charge in [0.25, 0.3) is 0 Å². The van der Waals surface area contributed by atoms with E-state index in [2.05, 4.69) is 41.1 Å². The van der Waals surface area contributed by atoms with Gasteiger partial charge in [-0.2, -0.15) is 0 Å². The molecule has 3 heteroatoms. The van der Waals surface area contributed by atoms with Gasteiger partial charge < -0.3 is 9.88 Å². The number of hydrogen-bond acceptors (Lipinski definition) is 2. The Kier molecular flexibility index (Phi) is 4.36. The number of fused-ring (bicyclic) bond motifs is 1. The first-order chi connectivity index (χ1) is 9.90. The maximum atomic E-state index is 4.95. The topological polar surface area (TPSA) is 29.9 Å². The number of aryl methyl sites for hydroxylation is 1. The highest BCUT2D eigenvalue weighted by Gasteiger charge is 2.21. The lowest BCUT2D eigenvalue weighted by Gasteiger charge is -2.23. The van der Waals surface area contributed by atoms with Crippen LogP contribution in [0.3, 0.4) is 0 Å². The quantitative estimate of drug-likeness (QED) is 0.840. The molecule has 1 saturated heterocycles. The van der Waals surface area contributed by atoms with Gasteiger partial charge in [-0.3, -0.25) is 0 Å². The van der Waals surface area contributed by atoms with Crippen molar-refractivity contribution in [3.63, 3.8) is 0 Å². The average Bonchev–Trinajstić information content (AvgIpc) is 2.87. The number of nitrogens with one attached hydrogen (secondary N) is 1. The highest BCUT2D eigenvalue weighted by molar-refractivity contribution is 5.76. The summed E-state index contributed by atoms with van der Waals surface area (Å²) in [6.07, 6.45) is 6.27. The number of hydrogen-bond donors (Lipinski definition) is 1. The van der Waals surface area contributed by atoms with E-state index in [1.165, 1.54) is 43.4 Å². The van der Waals surface area contributed by atoms with Crippen molar-refractivity contribution >= 4 is 11.0 Å². The van der Waals surface area contributed by atoms with Crippen molar-refractivity contribution in [2.24, 2.45) is 0 Å². The molecule has 1 aromatic carbocycles. The summed E-state index contributed by atoms with van der Waals surface area (Å²) in [5.74, 6) is 1.95. The summed E-state index contributed by atoms with van der Waals surface area (Å²) < 4.78 is 2.49. The zero-order valence-corrected chi connectivity index (χ0v) is 12.4. The minimum absolute atomic E-state index is 0.630. The Hall–Kier alpha value is -1.35. The molecule has 1 N–H and O–H groups in total. The van der Waals surface area contributed by atoms with Gasteiger partial charge >= 0.3 is 0 Å². The maximum Gasteiger partial charge on any atom is 0.113 e. The second-order valence-electron chi connectivity index (χ2n) is 5.84. The molecule has 3 nitrogen and oxygen atoms in total. The molecule has 20 heavy (non-hydrogen) atoms. The van der Waals surface area contributed by atoms with E-state index < -0.39 is 0 Å². The predicted octanol–water partition coefficient (Wildman–Crippen LogP) is 3.69. The van der Waals surface area contributed by atoms with E-state index in [0.29, 0.717) is 5.92 Å². The lowest BCUT2D eigenvalue weighted by molar-refractivity contribution is 0.429. The smallest absolute Gasteiger partial charge is 0.113 e. The van der Waals surface area contributed by atoms with Gasteiger partial charge in [0, 0.05) is 12.5 Å². The summed E-state index contributed by atoms with van der Waals surface area (Å²) >= 11 is 0. The van der Waals surface area contributed by atoms with Gasteiger partial charge in [0.1, 0.15) is 5.82 Å². The van der Waals surface area contributed by atoms with Gasteiger partial charge in [-0.1, -0.05) is 31.9 Å². The van der Waals surface area contributed by atoms with Gasteiger partial charge in [0.2, 0.25) is 0 Å². The number of rotatable bonds is 5. The van der Waals surface area contributed by atoms with Crippen LogP contribution < -0.4 is 5.32 Å². The van der Waals surface area contributed by atoms with Gasteiger partial charge in [-0.25, -0.2) is 4.98 Å². The average molecular weight is 271 g/mol. The molecule has 0 saturated carbocycles. The Labute approximate surface area is 121 Å². The second-order valence-corrected chi connectivity index (χ2v) is 5.84. The fourth-order valence-corrected chi connectivity index (χ4v) is 3.24. The second kappa shape index (κ2) is 6.40. The molecule has 0 amide bonds. The summed E-state index contributed by atoms with van der Waals surface area (Å²) in [5, 5.41) is 3.45. The van der Waals surface area contributed by atoms with Crippen LogP contribution in [0.15, 0.2) is 24.3 Å². The third-order valence-electron chi connectivity index (χ3n) is 4.37. The van der Waals surface area contributed by atoms with Crippen molar-refractivity contribution in [3.05, 3.63) is 30.1 Å². The van der Waals surface area contributed by atoms with E-state index in [4.69, 9.17) is 4.98 Å². The number of benzene rings is 1. The number of nitrogens with zero attached hydrogens (tertiary/aromatic N) is 2. The van der Waals surface area contributed by atoms with E-state index in [9.17, 15) is 0 Å². The molecular formula is C17H25N3. The lowest BCUT2D eigenvalue weighted by atomic mass is 9.97. The van der Waals surface area contributed by atoms with E-state index in [0.717, 1.165) is 25.2 Å². The first-order valence-electron chi connectivity index (χ1n) is 8.06. The number of para-hydroxylation sites is 2. The molecule has 0 spiro atoms. The van der Waals surface area contributed by atoms with Crippen LogP contribution in [0.1, 0.15) is 50.8 Å². The van der Waals surface area contributed by atoms with Gasteiger partial charge in [-0.05, 0) is 44.5 Å². The normalized spacial score (nSPS) is 16.9. The van der Waals surface area contributed by atoms with Crippen LogP contribution in [0.2, 0.25) is 0 Å². The lowest BCUT2D eigenvalue weighted by Crippen LogP contribution is -2.28. The summed E-state index contributed by atoms with van der Waals surface area (Å²) in [4.78, 5) is 4.95. The molecule has 1 fully saturated rings. The molecule has 3 rings (SSSR count). The van der Waals surface area contributed by atoms with Crippen LogP contribution >= 0.6 is 0 Å². The Morgan fingerprint density at radius 2 is 2.00 bits per heavy atom. The molecule has 0 atom stereocenters. The summed E-state index contributed by atoms with van der Waals surface area (Å²) in [7, 11) is 0. The van der Waals surface area contributed by atoms with Crippen molar-refractivity contribution in [1.29, 1.82) is 0 Å². The van der Waals surface area contributed by atoms with Gasteiger partial charge in [0.15, 0.2) is 0 Å². The monoisotopic (exact) mass is 271 g/mol. The van der Waals surface area contributed by atoms with Crippen molar-refractivity contribution in [3.8, 4) is 0 Å². The molecular weight excluding hydrogens is 246 g/mol. The first kappa shape index (κ1) is 13.6. The minimum Gasteiger partial charge on any atom is -0.328 e. The summed E-state index contributed by atoms with van der Waals surface area (Å²) in [5.41, 5.74) is 2.48. The molecule has 0 aliphatic carbocycles. The van der Waals surface area contributed by atoms with E-state index in [1.54, 1.807) is 0 Å². The van der Waals surface area contributed by atoms with Crippen LogP contribution in [0, 0.1) is 0 Å². The Balaban J connectivity index is 1.93. The highest BCUT2D eigenvalue weighted by atomic mass is 15.1. The van der Waals surface area contributed by atoms with Gasteiger partial charge in [-0.15, -0.1) is 0 Å². The minimum atomic E-state index is 0.630. The van der Waals surface area contributed by atoms with Crippen molar-refractivity contribution in [1.82, 2.24) is 14.9 Å². The SMILES string of the molecule is CCCCCn1c(C2CCNCC2)nc2ccccc21. The Morgan fingerprint density at radius 3 is 2.80 bits per heavy atom. The van der Waals surface area contributed by atoms with Crippen LogP contribution in [-0.2, 0) is 6.54 Å². The van der Waals surface area contributed by atoms with Crippen LogP contribution in [0.5, 0.6) is 0 Å². The largest absolute Gasteiger partial charge is 0.328 e. The Morgan fingerprint density at radius 1 is 1.20 bits per heavy atom. The van der Waals surface area contributed by atoms with Crippen LogP contribution in [0.25, 0.3) is 11.0 Å². The van der Waals surface area contributed by atoms with E-state index >= 15 is 0 Å². The first-order valence-corrected chi connectivity index (χ1v) is 8.06. The number of imidazole rings is 1. The molecule has 1 aliphatic rings. The number of piperidine rings is 1. The fourth-order valence-electron chi connectivity index (χ4n) is 3.24. The molecule has 1 aliphatic heterocycles. The molecule has 108 valence electrons. The highest BCUT2D eigenvalue weighted by Crippen LogP contribution is 2.28. The molecule has 2 aromatic rings. The van der Waals surface area contributed by atoms with Crippen LogP contribution in [0.4, 0.5) is 0 Å². The molecule has 0 bridgehead atoms. The third kappa shape index (κ3) is 2.73. The zero-order valence-electron chi connectivity index (χ0n) is 12.4.